The van der Waals surface area contributed by atoms with Gasteiger partial charge < -0.3 is 35.7 Å². The van der Waals surface area contributed by atoms with Crippen molar-refractivity contribution in [1.29, 1.82) is 0 Å². The van der Waals surface area contributed by atoms with Crippen LogP contribution in [0.25, 0.3) is 33.4 Å². The Kier molecular flexibility index (Phi) is 16.1. The van der Waals surface area contributed by atoms with E-state index in [4.69, 9.17) is 30.4 Å². The summed E-state index contributed by atoms with van der Waals surface area (Å²) in [6.07, 6.45) is 13.2. The van der Waals surface area contributed by atoms with Crippen molar-refractivity contribution in [3.63, 3.8) is 0 Å². The molecular formula is C51H60N6O5. The van der Waals surface area contributed by atoms with Crippen molar-refractivity contribution in [3.8, 4) is 33.4 Å². The van der Waals surface area contributed by atoms with Crippen LogP contribution in [0.2, 0.25) is 0 Å². The predicted molar refractivity (Wildman–Crippen MR) is 245 cm³/mol. The summed E-state index contributed by atoms with van der Waals surface area (Å²) in [5, 5.41) is 2.81. The third-order valence-corrected chi connectivity index (χ3v) is 10.9. The summed E-state index contributed by atoms with van der Waals surface area (Å²) >= 11 is 0. The molecular weight excluding hydrogens is 777 g/mol. The molecule has 3 atom stereocenters. The van der Waals surface area contributed by atoms with Crippen LogP contribution in [0.15, 0.2) is 128 Å². The van der Waals surface area contributed by atoms with Crippen LogP contribution in [0.4, 0.5) is 4.79 Å². The first-order chi connectivity index (χ1) is 29.7. The highest BCUT2D eigenvalue weighted by molar-refractivity contribution is 5.71. The Balaban J connectivity index is 0.000000157. The Morgan fingerprint density at radius 2 is 0.919 bits per heavy atom. The molecule has 0 fully saturated rings. The second-order valence-electron chi connectivity index (χ2n) is 16.0. The van der Waals surface area contributed by atoms with Crippen LogP contribution in [0.3, 0.4) is 0 Å². The van der Waals surface area contributed by atoms with E-state index < -0.39 is 11.7 Å². The number of fused-ring (bicyclic) bond motifs is 3. The van der Waals surface area contributed by atoms with E-state index in [-0.39, 0.29) is 25.7 Å². The van der Waals surface area contributed by atoms with Crippen LogP contribution in [0, 0.1) is 0 Å². The first-order valence-corrected chi connectivity index (χ1v) is 21.0. The van der Waals surface area contributed by atoms with Crippen molar-refractivity contribution in [2.75, 3.05) is 39.5 Å². The molecule has 0 bridgehead atoms. The topological polar surface area (TPSA) is 157 Å². The summed E-state index contributed by atoms with van der Waals surface area (Å²) in [4.78, 5) is 24.1. The summed E-state index contributed by atoms with van der Waals surface area (Å²) in [6, 6.07) is 31.1. The Morgan fingerprint density at radius 1 is 0.581 bits per heavy atom. The van der Waals surface area contributed by atoms with Gasteiger partial charge in [0.15, 0.2) is 0 Å². The summed E-state index contributed by atoms with van der Waals surface area (Å²) in [5.41, 5.74) is 25.9. The molecule has 3 aliphatic heterocycles. The maximum atomic E-state index is 11.9. The molecule has 62 heavy (non-hydrogen) atoms. The molecule has 0 spiro atoms. The second kappa shape index (κ2) is 21.8. The molecule has 9 rings (SSSR count). The number of nitrogens with zero attached hydrogens (tertiary/aromatic N) is 3. The Hall–Kier alpha value is -5.82. The number of aromatic nitrogens is 3. The lowest BCUT2D eigenvalue weighted by Gasteiger charge is -2.28. The lowest BCUT2D eigenvalue weighted by molar-refractivity contribution is 0.0289. The van der Waals surface area contributed by atoms with Crippen molar-refractivity contribution in [1.82, 2.24) is 20.3 Å². The molecule has 3 aromatic carbocycles. The third-order valence-electron chi connectivity index (χ3n) is 10.9. The van der Waals surface area contributed by atoms with Gasteiger partial charge in [-0.05, 0) is 143 Å². The number of hydrogen-bond donors (Lipinski definition) is 3. The molecule has 6 aromatic rings. The smallest absolute Gasteiger partial charge is 0.407 e. The normalized spacial score (nSPS) is 17.5. The molecule has 6 heterocycles. The lowest BCUT2D eigenvalue weighted by atomic mass is 9.90. The van der Waals surface area contributed by atoms with Crippen LogP contribution >= 0.6 is 0 Å². The summed E-state index contributed by atoms with van der Waals surface area (Å²) in [5.74, 6) is 0. The largest absolute Gasteiger partial charge is 0.444 e. The van der Waals surface area contributed by atoms with Crippen LogP contribution < -0.4 is 16.8 Å². The first-order valence-electron chi connectivity index (χ1n) is 21.0. The standard InChI is InChI=1S/C20H24N2O3.2C15H16N2O.CH4/c1-20(2,3)25-19(23)22-13-18-17-6-4-5-15(16(17)9-12-24-18)14-7-10-21-11-8-14;2*16-10-15-14-3-1-2-12(13(14)6-9-18-15)11-4-7-17-8-5-11;/h4-8,10-11,18H,9,12-13H2,1-3H3,(H,22,23);2*1-5,7-8,15H,6,9-10,16H2;1H4/t18-;2*15-;/m110./s1. The average Bonchev–Trinajstić information content (AvgIpc) is 3.30. The van der Waals surface area contributed by atoms with Crippen molar-refractivity contribution < 1.29 is 23.7 Å². The van der Waals surface area contributed by atoms with Crippen LogP contribution in [0.5, 0.6) is 0 Å². The summed E-state index contributed by atoms with van der Waals surface area (Å²) in [6.45, 7) is 9.13. The van der Waals surface area contributed by atoms with Crippen molar-refractivity contribution in [3.05, 3.63) is 162 Å². The van der Waals surface area contributed by atoms with E-state index in [2.05, 4.69) is 68.8 Å². The number of amides is 1. The van der Waals surface area contributed by atoms with Gasteiger partial charge in [-0.25, -0.2) is 4.79 Å². The molecule has 3 aromatic heterocycles. The minimum atomic E-state index is -0.510. The van der Waals surface area contributed by atoms with E-state index in [9.17, 15) is 4.79 Å². The number of ether oxygens (including phenoxy) is 4. The molecule has 3 aliphatic rings. The second-order valence-corrected chi connectivity index (χ2v) is 16.0. The maximum Gasteiger partial charge on any atom is 0.407 e. The fourth-order valence-electron chi connectivity index (χ4n) is 8.19. The molecule has 324 valence electrons. The highest BCUT2D eigenvalue weighted by Gasteiger charge is 2.26. The quantitative estimate of drug-likeness (QED) is 0.142. The van der Waals surface area contributed by atoms with Gasteiger partial charge in [0.25, 0.3) is 0 Å². The fourth-order valence-corrected chi connectivity index (χ4v) is 8.19. The zero-order valence-electron chi connectivity index (χ0n) is 35.3. The molecule has 0 aliphatic carbocycles. The van der Waals surface area contributed by atoms with Crippen LogP contribution in [-0.4, -0.2) is 66.1 Å². The van der Waals surface area contributed by atoms with Gasteiger partial charge >= 0.3 is 6.09 Å². The molecule has 11 nitrogen and oxygen atoms in total. The summed E-state index contributed by atoms with van der Waals surface area (Å²) < 4.78 is 22.6. The highest BCUT2D eigenvalue weighted by Crippen LogP contribution is 2.36. The molecule has 0 radical (unpaired) electrons. The minimum Gasteiger partial charge on any atom is -0.444 e. The number of nitrogens with one attached hydrogen (secondary N) is 1. The summed E-state index contributed by atoms with van der Waals surface area (Å²) in [7, 11) is 0. The maximum absolute atomic E-state index is 11.9. The highest BCUT2D eigenvalue weighted by atomic mass is 16.6. The van der Waals surface area contributed by atoms with E-state index >= 15 is 0 Å². The Bertz CT molecular complexity index is 2240. The molecule has 0 saturated carbocycles. The van der Waals surface area contributed by atoms with Crippen LogP contribution in [0.1, 0.15) is 79.9 Å². The number of pyridine rings is 3. The zero-order chi connectivity index (χ0) is 42.6. The van der Waals surface area contributed by atoms with Gasteiger partial charge in [-0.15, -0.1) is 0 Å². The third kappa shape index (κ3) is 11.4. The van der Waals surface area contributed by atoms with E-state index in [0.717, 1.165) is 43.6 Å². The molecule has 11 heteroatoms. The van der Waals surface area contributed by atoms with Gasteiger partial charge in [-0.1, -0.05) is 62.0 Å². The molecule has 0 unspecified atom stereocenters. The van der Waals surface area contributed by atoms with E-state index in [0.29, 0.717) is 26.2 Å². The monoisotopic (exact) mass is 836 g/mol. The van der Waals surface area contributed by atoms with Gasteiger partial charge in [0.1, 0.15) is 11.7 Å². The average molecular weight is 837 g/mol. The number of hydrogen-bond acceptors (Lipinski definition) is 10. The van der Waals surface area contributed by atoms with E-state index in [1.807, 2.05) is 88.0 Å². The van der Waals surface area contributed by atoms with Gasteiger partial charge in [0.05, 0.1) is 38.6 Å². The lowest BCUT2D eigenvalue weighted by Crippen LogP contribution is -2.36. The van der Waals surface area contributed by atoms with Crippen molar-refractivity contribution in [2.24, 2.45) is 11.5 Å². The Labute approximate surface area is 366 Å². The number of carbonyl (C=O) groups is 1. The number of rotatable bonds is 7. The van der Waals surface area contributed by atoms with Crippen LogP contribution in [-0.2, 0) is 38.2 Å². The molecule has 0 saturated heterocycles. The Morgan fingerprint density at radius 3 is 1.26 bits per heavy atom. The van der Waals surface area contributed by atoms with Gasteiger partial charge in [0, 0.05) is 50.3 Å². The van der Waals surface area contributed by atoms with Crippen molar-refractivity contribution in [2.45, 2.75) is 71.4 Å². The number of carbonyl (C=O) groups excluding carboxylic acids is 1. The molecule has 5 N–H and O–H groups in total. The predicted octanol–water partition coefficient (Wildman–Crippen LogP) is 9.17. The van der Waals surface area contributed by atoms with Crippen molar-refractivity contribution >= 4 is 6.09 Å². The zero-order valence-corrected chi connectivity index (χ0v) is 35.3. The van der Waals surface area contributed by atoms with Gasteiger partial charge in [-0.2, -0.15) is 0 Å². The number of alkyl carbamates (subject to hydrolysis) is 1. The number of benzene rings is 3. The van der Waals surface area contributed by atoms with E-state index in [1.165, 1.54) is 55.6 Å². The molecule has 1 amide bonds. The SMILES string of the molecule is C.CC(C)(C)OC(=O)NC[C@H]1OCCc2c(-c3ccncc3)cccc21.NC[C@@H]1OCCc2c(-c3ccncc3)cccc21.NC[C@H]1OCCc2c(-c3ccncc3)cccc21. The first kappa shape index (κ1) is 45.7. The number of nitrogens with two attached hydrogens (primary N) is 2. The van der Waals surface area contributed by atoms with E-state index in [1.54, 1.807) is 12.4 Å². The van der Waals surface area contributed by atoms with Gasteiger partial charge in [-0.3, -0.25) is 15.0 Å². The fraction of sp³-hybridized carbons (Fsp3) is 0.333. The van der Waals surface area contributed by atoms with Gasteiger partial charge in [0.2, 0.25) is 0 Å². The minimum absolute atomic E-state index is 0.